The molecule has 108 valence electrons. The van der Waals surface area contributed by atoms with E-state index in [9.17, 15) is 13.2 Å². The maximum atomic E-state index is 12.6. The van der Waals surface area contributed by atoms with E-state index in [2.05, 4.69) is 5.32 Å². The van der Waals surface area contributed by atoms with Crippen molar-refractivity contribution in [1.82, 2.24) is 9.62 Å². The summed E-state index contributed by atoms with van der Waals surface area (Å²) in [7, 11) is -3.32. The Balaban J connectivity index is 1.77. The van der Waals surface area contributed by atoms with E-state index in [0.717, 1.165) is 5.56 Å². The second kappa shape index (κ2) is 5.18. The quantitative estimate of drug-likeness (QED) is 0.899. The number of nitrogens with one attached hydrogen (secondary N) is 1. The Hall–Kier alpha value is -1.40. The van der Waals surface area contributed by atoms with E-state index in [-0.39, 0.29) is 23.7 Å². The van der Waals surface area contributed by atoms with Crippen molar-refractivity contribution in [3.63, 3.8) is 0 Å². The smallest absolute Gasteiger partial charge is 0.220 e. The molecule has 2 aliphatic heterocycles. The monoisotopic (exact) mass is 294 g/mol. The molecule has 1 aromatic rings. The average molecular weight is 294 g/mol. The van der Waals surface area contributed by atoms with Crippen LogP contribution in [0.4, 0.5) is 0 Å². The van der Waals surface area contributed by atoms with Crippen LogP contribution in [0.1, 0.15) is 24.8 Å². The third-order valence-corrected chi connectivity index (χ3v) is 5.92. The van der Waals surface area contributed by atoms with Gasteiger partial charge in [-0.05, 0) is 18.4 Å². The van der Waals surface area contributed by atoms with Gasteiger partial charge in [-0.25, -0.2) is 8.42 Å². The zero-order valence-electron chi connectivity index (χ0n) is 11.2. The van der Waals surface area contributed by atoms with Crippen molar-refractivity contribution in [3.8, 4) is 0 Å². The Morgan fingerprint density at radius 1 is 1.20 bits per heavy atom. The normalized spacial score (nSPS) is 27.1. The number of benzene rings is 1. The van der Waals surface area contributed by atoms with Crippen LogP contribution in [0, 0.1) is 0 Å². The van der Waals surface area contributed by atoms with Gasteiger partial charge >= 0.3 is 0 Å². The van der Waals surface area contributed by atoms with Crippen molar-refractivity contribution in [2.45, 2.75) is 37.1 Å². The SMILES string of the molecule is O=C1CC[C@H]2[C@H](CCN2S(=O)(=O)Cc2ccccc2)N1. The van der Waals surface area contributed by atoms with Gasteiger partial charge in [0.2, 0.25) is 15.9 Å². The number of rotatable bonds is 3. The van der Waals surface area contributed by atoms with E-state index >= 15 is 0 Å². The highest BCUT2D eigenvalue weighted by atomic mass is 32.2. The van der Waals surface area contributed by atoms with Crippen LogP contribution in [0.25, 0.3) is 0 Å². The largest absolute Gasteiger partial charge is 0.352 e. The first-order valence-electron chi connectivity index (χ1n) is 6.89. The standard InChI is InChI=1S/C14H18N2O3S/c17-14-7-6-13-12(15-14)8-9-16(13)20(18,19)10-11-4-2-1-3-5-11/h1-5,12-13H,6-10H2,(H,15,17)/t12-,13-/m0/s1. The molecule has 1 aromatic carbocycles. The minimum Gasteiger partial charge on any atom is -0.352 e. The summed E-state index contributed by atoms with van der Waals surface area (Å²) in [5.74, 6) is 0.0684. The molecule has 2 heterocycles. The molecule has 3 rings (SSSR count). The summed E-state index contributed by atoms with van der Waals surface area (Å²) in [6.07, 6.45) is 1.76. The highest BCUT2D eigenvalue weighted by molar-refractivity contribution is 7.88. The summed E-state index contributed by atoms with van der Waals surface area (Å²) < 4.78 is 26.7. The number of piperidine rings is 1. The molecule has 1 amide bonds. The Bertz CT molecular complexity index is 600. The van der Waals surface area contributed by atoms with Crippen LogP contribution in [-0.2, 0) is 20.6 Å². The molecule has 2 atom stereocenters. The maximum Gasteiger partial charge on any atom is 0.220 e. The summed E-state index contributed by atoms with van der Waals surface area (Å²) in [4.78, 5) is 11.4. The summed E-state index contributed by atoms with van der Waals surface area (Å²) in [5.41, 5.74) is 0.802. The minimum absolute atomic E-state index is 0.0122. The Labute approximate surface area is 119 Å². The maximum absolute atomic E-state index is 12.6. The van der Waals surface area contributed by atoms with E-state index in [4.69, 9.17) is 0 Å². The molecular formula is C14H18N2O3S. The summed E-state index contributed by atoms with van der Waals surface area (Å²) >= 11 is 0. The second-order valence-corrected chi connectivity index (χ2v) is 7.34. The van der Waals surface area contributed by atoms with Crippen molar-refractivity contribution in [2.75, 3.05) is 6.54 Å². The fourth-order valence-electron chi connectivity index (χ4n) is 3.11. The molecular weight excluding hydrogens is 276 g/mol. The van der Waals surface area contributed by atoms with E-state index in [1.165, 1.54) is 0 Å². The third kappa shape index (κ3) is 2.58. The number of nitrogens with zero attached hydrogens (tertiary/aromatic N) is 1. The number of amides is 1. The number of hydrogen-bond donors (Lipinski definition) is 1. The van der Waals surface area contributed by atoms with Crippen LogP contribution in [0.3, 0.4) is 0 Å². The molecule has 2 aliphatic rings. The van der Waals surface area contributed by atoms with Gasteiger partial charge in [-0.15, -0.1) is 0 Å². The van der Waals surface area contributed by atoms with Gasteiger partial charge < -0.3 is 5.32 Å². The Morgan fingerprint density at radius 2 is 1.95 bits per heavy atom. The van der Waals surface area contributed by atoms with Crippen LogP contribution in [-0.4, -0.2) is 37.3 Å². The van der Waals surface area contributed by atoms with Crippen LogP contribution < -0.4 is 5.32 Å². The number of carbonyl (C=O) groups is 1. The second-order valence-electron chi connectivity index (χ2n) is 5.42. The minimum atomic E-state index is -3.32. The molecule has 0 aliphatic carbocycles. The first-order chi connectivity index (χ1) is 9.56. The van der Waals surface area contributed by atoms with Crippen LogP contribution >= 0.6 is 0 Å². The molecule has 1 N–H and O–H groups in total. The van der Waals surface area contributed by atoms with Gasteiger partial charge in [0.15, 0.2) is 0 Å². The lowest BCUT2D eigenvalue weighted by molar-refractivity contribution is -0.123. The fourth-order valence-corrected chi connectivity index (χ4v) is 4.94. The lowest BCUT2D eigenvalue weighted by Crippen LogP contribution is -2.50. The molecule has 0 bridgehead atoms. The van der Waals surface area contributed by atoms with E-state index in [1.54, 1.807) is 4.31 Å². The van der Waals surface area contributed by atoms with Gasteiger partial charge in [-0.3, -0.25) is 4.79 Å². The molecule has 0 unspecified atom stereocenters. The van der Waals surface area contributed by atoms with Gasteiger partial charge in [0.25, 0.3) is 0 Å². The van der Waals surface area contributed by atoms with Gasteiger partial charge in [0.05, 0.1) is 5.75 Å². The van der Waals surface area contributed by atoms with Gasteiger partial charge in [-0.1, -0.05) is 30.3 Å². The lowest BCUT2D eigenvalue weighted by atomic mass is 10.00. The van der Waals surface area contributed by atoms with Crippen LogP contribution in [0.2, 0.25) is 0 Å². The summed E-state index contributed by atoms with van der Waals surface area (Å²) in [6, 6.07) is 9.14. The van der Waals surface area contributed by atoms with Crippen molar-refractivity contribution < 1.29 is 13.2 Å². The first kappa shape index (κ1) is 13.6. The molecule has 0 radical (unpaired) electrons. The molecule has 0 saturated carbocycles. The number of sulfonamides is 1. The van der Waals surface area contributed by atoms with E-state index in [0.29, 0.717) is 25.8 Å². The van der Waals surface area contributed by atoms with E-state index in [1.807, 2.05) is 30.3 Å². The average Bonchev–Trinajstić information content (AvgIpc) is 2.83. The topological polar surface area (TPSA) is 66.5 Å². The van der Waals surface area contributed by atoms with Crippen molar-refractivity contribution in [1.29, 1.82) is 0 Å². The third-order valence-electron chi connectivity index (χ3n) is 4.06. The molecule has 5 nitrogen and oxygen atoms in total. The highest BCUT2D eigenvalue weighted by Gasteiger charge is 2.43. The first-order valence-corrected chi connectivity index (χ1v) is 8.50. The van der Waals surface area contributed by atoms with Crippen molar-refractivity contribution >= 4 is 15.9 Å². The number of fused-ring (bicyclic) bond motifs is 1. The molecule has 0 spiro atoms. The van der Waals surface area contributed by atoms with Gasteiger partial charge in [-0.2, -0.15) is 4.31 Å². The van der Waals surface area contributed by atoms with E-state index < -0.39 is 10.0 Å². The molecule has 2 saturated heterocycles. The summed E-state index contributed by atoms with van der Waals surface area (Å²) in [6.45, 7) is 0.505. The zero-order valence-corrected chi connectivity index (χ0v) is 12.0. The molecule has 2 fully saturated rings. The van der Waals surface area contributed by atoms with Crippen molar-refractivity contribution in [2.24, 2.45) is 0 Å². The van der Waals surface area contributed by atoms with Crippen LogP contribution in [0.5, 0.6) is 0 Å². The molecule has 0 aromatic heterocycles. The number of carbonyl (C=O) groups excluding carboxylic acids is 1. The fraction of sp³-hybridized carbons (Fsp3) is 0.500. The summed E-state index contributed by atoms with van der Waals surface area (Å²) in [5, 5.41) is 2.90. The molecule has 20 heavy (non-hydrogen) atoms. The Kier molecular flexibility index (Phi) is 3.52. The van der Waals surface area contributed by atoms with Crippen LogP contribution in [0.15, 0.2) is 30.3 Å². The van der Waals surface area contributed by atoms with Gasteiger partial charge in [0.1, 0.15) is 0 Å². The predicted molar refractivity (Wildman–Crippen MR) is 75.3 cm³/mol. The zero-order chi connectivity index (χ0) is 14.2. The Morgan fingerprint density at radius 3 is 2.70 bits per heavy atom. The highest BCUT2D eigenvalue weighted by Crippen LogP contribution is 2.29. The number of hydrogen-bond acceptors (Lipinski definition) is 3. The predicted octanol–water partition coefficient (Wildman–Crippen LogP) is 0.869. The van der Waals surface area contributed by atoms with Gasteiger partial charge in [0, 0.05) is 25.0 Å². The lowest BCUT2D eigenvalue weighted by Gasteiger charge is -2.31. The molecule has 6 heteroatoms. The van der Waals surface area contributed by atoms with Crippen molar-refractivity contribution in [3.05, 3.63) is 35.9 Å².